The summed E-state index contributed by atoms with van der Waals surface area (Å²) in [5.74, 6) is -1.71. The summed E-state index contributed by atoms with van der Waals surface area (Å²) in [6, 6.07) is 17.2. The number of nitrogens with zero attached hydrogens (tertiary/aromatic N) is 3. The summed E-state index contributed by atoms with van der Waals surface area (Å²) in [7, 11) is 1.57. The summed E-state index contributed by atoms with van der Waals surface area (Å²) in [6.45, 7) is 4.96. The average Bonchev–Trinajstić information content (AvgIpc) is 3.52. The highest BCUT2D eigenvalue weighted by molar-refractivity contribution is 6.00. The van der Waals surface area contributed by atoms with Crippen molar-refractivity contribution in [1.29, 1.82) is 0 Å². The smallest absolute Gasteiger partial charge is 0.255 e. The van der Waals surface area contributed by atoms with Crippen LogP contribution in [0.25, 0.3) is 11.5 Å². The molecule has 3 atom stereocenters. The topological polar surface area (TPSA) is 176 Å². The van der Waals surface area contributed by atoms with Gasteiger partial charge in [0.2, 0.25) is 29.5 Å². The molecule has 4 aromatic rings. The van der Waals surface area contributed by atoms with Crippen LogP contribution in [0, 0.1) is 5.92 Å². The SMILES string of the molecule is CC(C)[C@@H]1NC(=O)c2cc(ccc2O)Oc2ccc(cc2)C[C@@H](C(=O)N(C)Cc2nnc(-c3ccccc3)o2)NC(=O)[C@H](C)NC1=O. The summed E-state index contributed by atoms with van der Waals surface area (Å²) in [5.41, 5.74) is 1.38. The van der Waals surface area contributed by atoms with Gasteiger partial charge in [-0.1, -0.05) is 44.2 Å². The molecule has 6 rings (SSSR count). The number of hydrogen-bond acceptors (Lipinski definition) is 9. The van der Waals surface area contributed by atoms with Gasteiger partial charge in [-0.15, -0.1) is 10.2 Å². The van der Waals surface area contributed by atoms with Crippen molar-refractivity contribution < 1.29 is 33.4 Å². The minimum atomic E-state index is -1.06. The monoisotopic (exact) mass is 640 g/mol. The molecule has 47 heavy (non-hydrogen) atoms. The molecule has 0 saturated heterocycles. The van der Waals surface area contributed by atoms with Crippen LogP contribution in [0.4, 0.5) is 0 Å². The van der Waals surface area contributed by atoms with Crippen molar-refractivity contribution in [2.75, 3.05) is 7.05 Å². The van der Waals surface area contributed by atoms with Gasteiger partial charge in [-0.3, -0.25) is 19.2 Å². The molecule has 0 unspecified atom stereocenters. The van der Waals surface area contributed by atoms with E-state index in [2.05, 4.69) is 26.1 Å². The van der Waals surface area contributed by atoms with Crippen LogP contribution in [-0.4, -0.2) is 69.0 Å². The summed E-state index contributed by atoms with van der Waals surface area (Å²) >= 11 is 0. The second-order valence-electron chi connectivity index (χ2n) is 11.7. The first-order valence-electron chi connectivity index (χ1n) is 15.1. The van der Waals surface area contributed by atoms with Crippen LogP contribution in [0.15, 0.2) is 77.2 Å². The van der Waals surface area contributed by atoms with E-state index in [0.29, 0.717) is 17.4 Å². The standard InChI is InChI=1S/C34H36N6O7/c1-19(2)29-32(44)35-20(3)30(42)36-26(34(45)40(4)18-28-38-39-33(47-28)22-8-6-5-7-9-22)16-21-10-12-23(13-11-21)46-24-14-15-27(41)25(17-24)31(43)37-29/h5-15,17,19-20,26,29,41H,16,18H2,1-4H3,(H,35,44)(H,36,42)(H,37,43)/t20-,26-,29-/m0/s1. The Bertz CT molecular complexity index is 1760. The zero-order valence-corrected chi connectivity index (χ0v) is 26.4. The van der Waals surface area contributed by atoms with Gasteiger partial charge in [0.15, 0.2) is 0 Å². The predicted octanol–water partition coefficient (Wildman–Crippen LogP) is 3.19. The van der Waals surface area contributed by atoms with Crippen LogP contribution in [0.1, 0.15) is 42.6 Å². The molecule has 2 aliphatic heterocycles. The molecule has 0 fully saturated rings. The third-order valence-corrected chi connectivity index (χ3v) is 7.65. The van der Waals surface area contributed by atoms with Gasteiger partial charge in [0, 0.05) is 19.0 Å². The number of carbonyl (C=O) groups excluding carboxylic acids is 4. The van der Waals surface area contributed by atoms with Gasteiger partial charge in [-0.25, -0.2) is 0 Å². The largest absolute Gasteiger partial charge is 0.507 e. The van der Waals surface area contributed by atoms with E-state index in [1.807, 2.05) is 30.3 Å². The molecule has 4 amide bonds. The number of aromatic hydroxyl groups is 1. The number of benzene rings is 3. The summed E-state index contributed by atoms with van der Waals surface area (Å²) in [4.78, 5) is 55.0. The van der Waals surface area contributed by atoms with Crippen molar-refractivity contribution >= 4 is 23.6 Å². The van der Waals surface area contributed by atoms with Crippen molar-refractivity contribution in [2.45, 2.75) is 51.9 Å². The highest BCUT2D eigenvalue weighted by atomic mass is 16.5. The van der Waals surface area contributed by atoms with E-state index in [1.165, 1.54) is 30.0 Å². The highest BCUT2D eigenvalue weighted by Crippen LogP contribution is 2.28. The van der Waals surface area contributed by atoms with Crippen molar-refractivity contribution in [2.24, 2.45) is 5.92 Å². The number of amides is 4. The second kappa shape index (κ2) is 14.1. The third-order valence-electron chi connectivity index (χ3n) is 7.65. The first-order valence-corrected chi connectivity index (χ1v) is 15.1. The van der Waals surface area contributed by atoms with Crippen LogP contribution in [0.2, 0.25) is 0 Å². The number of carbonyl (C=O) groups is 4. The lowest BCUT2D eigenvalue weighted by Crippen LogP contribution is -2.57. The van der Waals surface area contributed by atoms with E-state index >= 15 is 0 Å². The number of ether oxygens (including phenoxy) is 1. The van der Waals surface area contributed by atoms with Gasteiger partial charge in [-0.2, -0.15) is 0 Å². The minimum Gasteiger partial charge on any atom is -0.507 e. The normalized spacial score (nSPS) is 18.7. The molecule has 4 N–H and O–H groups in total. The lowest BCUT2D eigenvalue weighted by atomic mass is 10.0. The molecule has 4 bridgehead atoms. The van der Waals surface area contributed by atoms with Crippen molar-refractivity contribution in [3.63, 3.8) is 0 Å². The van der Waals surface area contributed by atoms with Gasteiger partial charge < -0.3 is 35.1 Å². The zero-order chi connectivity index (χ0) is 33.7. The van der Waals surface area contributed by atoms with E-state index in [4.69, 9.17) is 9.15 Å². The first-order chi connectivity index (χ1) is 22.5. The molecule has 0 aliphatic carbocycles. The van der Waals surface area contributed by atoms with E-state index in [-0.39, 0.29) is 36.1 Å². The number of nitrogens with one attached hydrogen (secondary N) is 3. The van der Waals surface area contributed by atoms with Gasteiger partial charge in [0.05, 0.1) is 12.1 Å². The fourth-order valence-corrected chi connectivity index (χ4v) is 5.01. The van der Waals surface area contributed by atoms with Crippen molar-refractivity contribution in [3.05, 3.63) is 89.8 Å². The lowest BCUT2D eigenvalue weighted by molar-refractivity contribution is -0.137. The van der Waals surface area contributed by atoms with Gasteiger partial charge in [0.1, 0.15) is 35.4 Å². The Balaban J connectivity index is 1.41. The predicted molar refractivity (Wildman–Crippen MR) is 170 cm³/mol. The van der Waals surface area contributed by atoms with Crippen molar-refractivity contribution in [3.8, 4) is 28.7 Å². The Morgan fingerprint density at radius 1 is 0.936 bits per heavy atom. The Morgan fingerprint density at radius 3 is 2.34 bits per heavy atom. The van der Waals surface area contributed by atoms with E-state index in [1.54, 1.807) is 45.2 Å². The number of phenols is 1. The molecule has 0 spiro atoms. The second-order valence-corrected chi connectivity index (χ2v) is 11.7. The molecular weight excluding hydrogens is 604 g/mol. The molecule has 3 aromatic carbocycles. The number of aromatic nitrogens is 2. The molecule has 3 heterocycles. The van der Waals surface area contributed by atoms with Crippen LogP contribution >= 0.6 is 0 Å². The average molecular weight is 641 g/mol. The van der Waals surface area contributed by atoms with Crippen LogP contribution in [-0.2, 0) is 27.3 Å². The minimum absolute atomic E-state index is 0.00547. The quantitative estimate of drug-likeness (QED) is 0.239. The number of likely N-dealkylation sites (N-methyl/N-ethyl adjacent to an activating group) is 1. The first kappa shape index (κ1) is 32.7. The Labute approximate surface area is 271 Å². The molecule has 13 nitrogen and oxygen atoms in total. The van der Waals surface area contributed by atoms with Crippen LogP contribution < -0.4 is 20.7 Å². The maximum atomic E-state index is 13.8. The fraction of sp³-hybridized carbons (Fsp3) is 0.294. The summed E-state index contributed by atoms with van der Waals surface area (Å²) in [5, 5.41) is 26.6. The highest BCUT2D eigenvalue weighted by Gasteiger charge is 2.31. The Morgan fingerprint density at radius 2 is 1.64 bits per heavy atom. The molecule has 0 saturated carbocycles. The third kappa shape index (κ3) is 7.93. The number of fused-ring (bicyclic) bond motifs is 11. The summed E-state index contributed by atoms with van der Waals surface area (Å²) in [6.07, 6.45) is 0.128. The van der Waals surface area contributed by atoms with Crippen LogP contribution in [0.5, 0.6) is 17.2 Å². The fourth-order valence-electron chi connectivity index (χ4n) is 5.01. The maximum absolute atomic E-state index is 13.8. The summed E-state index contributed by atoms with van der Waals surface area (Å²) < 4.78 is 11.7. The van der Waals surface area contributed by atoms with Gasteiger partial charge in [0.25, 0.3) is 5.91 Å². The van der Waals surface area contributed by atoms with E-state index in [0.717, 1.165) is 11.1 Å². The molecule has 1 aromatic heterocycles. The molecule has 244 valence electrons. The molecule has 13 heteroatoms. The molecule has 0 radical (unpaired) electrons. The molecular formula is C34H36N6O7. The number of hydrogen-bond donors (Lipinski definition) is 4. The Hall–Kier alpha value is -5.72. The van der Waals surface area contributed by atoms with E-state index < -0.39 is 41.8 Å². The van der Waals surface area contributed by atoms with Gasteiger partial charge in [-0.05, 0) is 60.9 Å². The zero-order valence-electron chi connectivity index (χ0n) is 26.4. The van der Waals surface area contributed by atoms with Crippen molar-refractivity contribution in [1.82, 2.24) is 31.0 Å². The Kier molecular flexibility index (Phi) is 9.83. The van der Waals surface area contributed by atoms with Gasteiger partial charge >= 0.3 is 0 Å². The number of phenolic OH excluding ortho intramolecular Hbond substituents is 1. The molecule has 2 aliphatic rings. The number of rotatable bonds is 5. The van der Waals surface area contributed by atoms with Crippen LogP contribution in [0.3, 0.4) is 0 Å². The lowest BCUT2D eigenvalue weighted by Gasteiger charge is -2.27. The van der Waals surface area contributed by atoms with E-state index in [9.17, 15) is 24.3 Å². The maximum Gasteiger partial charge on any atom is 0.255 e.